The van der Waals surface area contributed by atoms with Crippen molar-refractivity contribution in [2.45, 2.75) is 19.9 Å². The van der Waals surface area contributed by atoms with Gasteiger partial charge in [0.1, 0.15) is 5.75 Å². The maximum absolute atomic E-state index is 5.76. The number of halogens is 1. The lowest BCUT2D eigenvalue weighted by molar-refractivity contribution is 0.333. The highest BCUT2D eigenvalue weighted by molar-refractivity contribution is 9.10. The number of nitrogens with one attached hydrogen (secondary N) is 1. The van der Waals surface area contributed by atoms with Crippen molar-refractivity contribution in [2.24, 2.45) is 0 Å². The fourth-order valence-corrected chi connectivity index (χ4v) is 3.25. The molecule has 2 aromatic rings. The van der Waals surface area contributed by atoms with Crippen LogP contribution >= 0.6 is 27.3 Å². The molecule has 0 saturated carbocycles. The minimum atomic E-state index is 0.184. The van der Waals surface area contributed by atoms with Crippen LogP contribution < -0.4 is 10.1 Å². The number of hydrogen-bond acceptors (Lipinski definition) is 3. The number of thiophene rings is 1. The van der Waals surface area contributed by atoms with Crippen LogP contribution in [-0.2, 0) is 0 Å². The summed E-state index contributed by atoms with van der Waals surface area (Å²) in [5.41, 5.74) is 1.18. The lowest BCUT2D eigenvalue weighted by Crippen LogP contribution is -2.21. The van der Waals surface area contributed by atoms with Crippen molar-refractivity contribution < 1.29 is 4.74 Å². The molecule has 102 valence electrons. The SMILES string of the molecule is CCNC(c1cccs1)c1cc(Br)ccc1OCC. The van der Waals surface area contributed by atoms with Crippen molar-refractivity contribution in [2.75, 3.05) is 13.2 Å². The Morgan fingerprint density at radius 3 is 2.79 bits per heavy atom. The molecule has 0 aliphatic heterocycles. The molecule has 4 heteroatoms. The van der Waals surface area contributed by atoms with Gasteiger partial charge in [0.15, 0.2) is 0 Å². The molecule has 0 amide bonds. The average Bonchev–Trinajstić information content (AvgIpc) is 2.92. The number of ether oxygens (including phenoxy) is 1. The van der Waals surface area contributed by atoms with E-state index in [2.05, 4.69) is 51.7 Å². The van der Waals surface area contributed by atoms with Gasteiger partial charge in [-0.15, -0.1) is 11.3 Å². The zero-order valence-corrected chi connectivity index (χ0v) is 13.6. The van der Waals surface area contributed by atoms with Gasteiger partial charge in [-0.05, 0) is 43.1 Å². The van der Waals surface area contributed by atoms with E-state index in [4.69, 9.17) is 4.74 Å². The van der Waals surface area contributed by atoms with Crippen molar-refractivity contribution >= 4 is 27.3 Å². The molecule has 2 nitrogen and oxygen atoms in total. The second-order valence-corrected chi connectivity index (χ2v) is 6.02. The lowest BCUT2D eigenvalue weighted by Gasteiger charge is -2.20. The van der Waals surface area contributed by atoms with Gasteiger partial charge in [0.05, 0.1) is 12.6 Å². The van der Waals surface area contributed by atoms with Crippen molar-refractivity contribution in [1.29, 1.82) is 0 Å². The van der Waals surface area contributed by atoms with Crippen LogP contribution in [0.5, 0.6) is 5.75 Å². The van der Waals surface area contributed by atoms with E-state index in [1.165, 1.54) is 10.4 Å². The Kier molecular flexibility index (Phi) is 5.43. The summed E-state index contributed by atoms with van der Waals surface area (Å²) in [6, 6.07) is 10.6. The Bertz CT molecular complexity index is 513. The highest BCUT2D eigenvalue weighted by Gasteiger charge is 2.18. The first-order chi connectivity index (χ1) is 9.26. The van der Waals surface area contributed by atoms with E-state index in [-0.39, 0.29) is 6.04 Å². The Morgan fingerprint density at radius 2 is 2.16 bits per heavy atom. The fraction of sp³-hybridized carbons (Fsp3) is 0.333. The van der Waals surface area contributed by atoms with Crippen molar-refractivity contribution in [1.82, 2.24) is 5.32 Å². The number of benzene rings is 1. The highest BCUT2D eigenvalue weighted by atomic mass is 79.9. The predicted octanol–water partition coefficient (Wildman–Crippen LogP) is 4.61. The van der Waals surface area contributed by atoms with Crippen molar-refractivity contribution in [3.05, 3.63) is 50.6 Å². The van der Waals surface area contributed by atoms with Gasteiger partial charge < -0.3 is 10.1 Å². The maximum atomic E-state index is 5.76. The van der Waals surface area contributed by atoms with Crippen LogP contribution in [0.15, 0.2) is 40.2 Å². The molecule has 0 aliphatic rings. The third-order valence-corrected chi connectivity index (χ3v) is 4.25. The van der Waals surface area contributed by atoms with Gasteiger partial charge in [-0.1, -0.05) is 28.9 Å². The highest BCUT2D eigenvalue weighted by Crippen LogP contribution is 2.34. The van der Waals surface area contributed by atoms with E-state index >= 15 is 0 Å². The van der Waals surface area contributed by atoms with Gasteiger partial charge in [0.25, 0.3) is 0 Å². The quantitative estimate of drug-likeness (QED) is 0.829. The molecule has 1 atom stereocenters. The maximum Gasteiger partial charge on any atom is 0.124 e. The van der Waals surface area contributed by atoms with Crippen LogP contribution in [0, 0.1) is 0 Å². The first-order valence-electron chi connectivity index (χ1n) is 6.45. The van der Waals surface area contributed by atoms with Crippen molar-refractivity contribution in [3.8, 4) is 5.75 Å². The normalized spacial score (nSPS) is 12.4. The van der Waals surface area contributed by atoms with E-state index in [1.807, 2.05) is 19.1 Å². The van der Waals surface area contributed by atoms with Crippen LogP contribution in [0.1, 0.15) is 30.3 Å². The minimum absolute atomic E-state index is 0.184. The van der Waals surface area contributed by atoms with Gasteiger partial charge in [-0.25, -0.2) is 0 Å². The van der Waals surface area contributed by atoms with E-state index in [0.29, 0.717) is 6.61 Å². The van der Waals surface area contributed by atoms with Crippen LogP contribution in [0.4, 0.5) is 0 Å². The Balaban J connectivity index is 2.43. The molecule has 0 radical (unpaired) electrons. The zero-order valence-electron chi connectivity index (χ0n) is 11.2. The molecule has 2 rings (SSSR count). The van der Waals surface area contributed by atoms with Gasteiger partial charge in [-0.3, -0.25) is 0 Å². The van der Waals surface area contributed by atoms with E-state index in [0.717, 1.165) is 16.8 Å². The monoisotopic (exact) mass is 339 g/mol. The van der Waals surface area contributed by atoms with Gasteiger partial charge in [0, 0.05) is 14.9 Å². The predicted molar refractivity (Wildman–Crippen MR) is 85.1 cm³/mol. The molecule has 1 N–H and O–H groups in total. The summed E-state index contributed by atoms with van der Waals surface area (Å²) in [5.74, 6) is 0.949. The number of rotatable bonds is 6. The summed E-state index contributed by atoms with van der Waals surface area (Å²) >= 11 is 5.32. The molecule has 1 aromatic heterocycles. The Morgan fingerprint density at radius 1 is 1.32 bits per heavy atom. The van der Waals surface area contributed by atoms with Gasteiger partial charge in [-0.2, -0.15) is 0 Å². The summed E-state index contributed by atoms with van der Waals surface area (Å²) < 4.78 is 6.84. The third-order valence-electron chi connectivity index (χ3n) is 2.82. The summed E-state index contributed by atoms with van der Waals surface area (Å²) in [6.07, 6.45) is 0. The van der Waals surface area contributed by atoms with E-state index in [1.54, 1.807) is 11.3 Å². The van der Waals surface area contributed by atoms with Gasteiger partial charge in [0.2, 0.25) is 0 Å². The topological polar surface area (TPSA) is 21.3 Å². The molecule has 1 heterocycles. The van der Waals surface area contributed by atoms with Crippen LogP contribution in [0.25, 0.3) is 0 Å². The van der Waals surface area contributed by atoms with E-state index < -0.39 is 0 Å². The first kappa shape index (κ1) is 14.6. The fourth-order valence-electron chi connectivity index (χ4n) is 2.06. The molecule has 0 spiro atoms. The Labute approximate surface area is 126 Å². The molecule has 0 saturated heterocycles. The van der Waals surface area contributed by atoms with Gasteiger partial charge >= 0.3 is 0 Å². The molecule has 19 heavy (non-hydrogen) atoms. The summed E-state index contributed by atoms with van der Waals surface area (Å²) in [7, 11) is 0. The molecule has 0 bridgehead atoms. The van der Waals surface area contributed by atoms with Crippen LogP contribution in [-0.4, -0.2) is 13.2 Å². The van der Waals surface area contributed by atoms with E-state index in [9.17, 15) is 0 Å². The average molecular weight is 340 g/mol. The number of hydrogen-bond donors (Lipinski definition) is 1. The smallest absolute Gasteiger partial charge is 0.124 e. The Hall–Kier alpha value is -0.840. The third kappa shape index (κ3) is 3.59. The van der Waals surface area contributed by atoms with Crippen LogP contribution in [0.3, 0.4) is 0 Å². The summed E-state index contributed by atoms with van der Waals surface area (Å²) in [6.45, 7) is 5.73. The largest absolute Gasteiger partial charge is 0.494 e. The zero-order chi connectivity index (χ0) is 13.7. The summed E-state index contributed by atoms with van der Waals surface area (Å²) in [5, 5.41) is 5.65. The second kappa shape index (κ2) is 7.08. The minimum Gasteiger partial charge on any atom is -0.494 e. The second-order valence-electron chi connectivity index (χ2n) is 4.12. The summed E-state index contributed by atoms with van der Waals surface area (Å²) in [4.78, 5) is 1.31. The standard InChI is InChI=1S/C15H18BrNOS/c1-3-17-15(14-6-5-9-19-14)12-10-11(16)7-8-13(12)18-4-2/h5-10,15,17H,3-4H2,1-2H3. The molecule has 1 aromatic carbocycles. The molecule has 0 aliphatic carbocycles. The first-order valence-corrected chi connectivity index (χ1v) is 8.12. The molecular weight excluding hydrogens is 322 g/mol. The van der Waals surface area contributed by atoms with Crippen LogP contribution in [0.2, 0.25) is 0 Å². The lowest BCUT2D eigenvalue weighted by atomic mass is 10.0. The molecule has 0 fully saturated rings. The van der Waals surface area contributed by atoms with Crippen molar-refractivity contribution in [3.63, 3.8) is 0 Å². The molecule has 1 unspecified atom stereocenters. The molecular formula is C15H18BrNOS.